The lowest BCUT2D eigenvalue weighted by Gasteiger charge is -2.38. The molecule has 6 heteroatoms. The second kappa shape index (κ2) is 8.95. The fourth-order valence-electron chi connectivity index (χ4n) is 3.46. The van der Waals surface area contributed by atoms with Gasteiger partial charge in [-0.1, -0.05) is 32.0 Å². The average molecular weight is 382 g/mol. The smallest absolute Gasteiger partial charge is 0.193 e. The number of piperazine rings is 1. The summed E-state index contributed by atoms with van der Waals surface area (Å²) in [4.78, 5) is 13.6. The summed E-state index contributed by atoms with van der Waals surface area (Å²) in [5.74, 6) is 2.89. The molecule has 6 nitrogen and oxygen atoms in total. The van der Waals surface area contributed by atoms with Crippen LogP contribution >= 0.6 is 0 Å². The molecule has 1 aliphatic heterocycles. The highest BCUT2D eigenvalue weighted by Crippen LogP contribution is 2.24. The van der Waals surface area contributed by atoms with E-state index in [-0.39, 0.29) is 5.41 Å². The molecule has 2 heterocycles. The van der Waals surface area contributed by atoms with Gasteiger partial charge in [0.2, 0.25) is 0 Å². The normalized spacial score (nSPS) is 15.5. The molecule has 0 radical (unpaired) electrons. The van der Waals surface area contributed by atoms with E-state index in [1.54, 1.807) is 7.11 Å². The minimum atomic E-state index is -0.0159. The highest BCUT2D eigenvalue weighted by atomic mass is 16.5. The van der Waals surface area contributed by atoms with Crippen molar-refractivity contribution in [3.05, 3.63) is 54.2 Å². The maximum absolute atomic E-state index is 5.27. The van der Waals surface area contributed by atoms with Gasteiger partial charge < -0.3 is 19.9 Å². The zero-order chi connectivity index (χ0) is 20.0. The summed E-state index contributed by atoms with van der Waals surface area (Å²) in [6, 6.07) is 14.4. The molecule has 1 fully saturated rings. The molecule has 0 aliphatic carbocycles. The van der Waals surface area contributed by atoms with Crippen LogP contribution in [0.2, 0.25) is 0 Å². The minimum Gasteiger partial charge on any atom is -0.497 e. The molecule has 2 aromatic rings. The summed E-state index contributed by atoms with van der Waals surface area (Å²) in [5.41, 5.74) is 1.26. The fraction of sp³-hybridized carbons (Fsp3) is 0.455. The van der Waals surface area contributed by atoms with Gasteiger partial charge in [-0.05, 0) is 29.8 Å². The Bertz CT molecular complexity index is 765. The molecule has 1 saturated heterocycles. The van der Waals surface area contributed by atoms with Gasteiger partial charge in [-0.25, -0.2) is 4.98 Å². The van der Waals surface area contributed by atoms with E-state index in [1.165, 1.54) is 5.56 Å². The summed E-state index contributed by atoms with van der Waals surface area (Å²) in [7, 11) is 3.55. The molecule has 3 rings (SSSR count). The SMILES string of the molecule is CN=C(NCC(C)(C)c1ccc(OC)cc1)N1CCN(c2ccccn2)CC1. The first kappa shape index (κ1) is 20.0. The third kappa shape index (κ3) is 4.74. The molecule has 1 N–H and O–H groups in total. The van der Waals surface area contributed by atoms with Gasteiger partial charge in [-0.15, -0.1) is 0 Å². The van der Waals surface area contributed by atoms with Crippen LogP contribution < -0.4 is 15.0 Å². The Hall–Kier alpha value is -2.76. The lowest BCUT2D eigenvalue weighted by molar-refractivity contribution is 0.365. The van der Waals surface area contributed by atoms with E-state index in [9.17, 15) is 0 Å². The Morgan fingerprint density at radius 3 is 2.39 bits per heavy atom. The minimum absolute atomic E-state index is 0.0159. The number of nitrogens with zero attached hydrogens (tertiary/aromatic N) is 4. The van der Waals surface area contributed by atoms with Gasteiger partial charge in [0.1, 0.15) is 11.6 Å². The van der Waals surface area contributed by atoms with E-state index in [0.29, 0.717) is 0 Å². The second-order valence-electron chi connectivity index (χ2n) is 7.68. The molecule has 0 bridgehead atoms. The van der Waals surface area contributed by atoms with E-state index < -0.39 is 0 Å². The summed E-state index contributed by atoms with van der Waals surface area (Å²) >= 11 is 0. The molecule has 0 unspecified atom stereocenters. The number of aromatic nitrogens is 1. The van der Waals surface area contributed by atoms with Crippen molar-refractivity contribution in [3.8, 4) is 5.75 Å². The number of guanidine groups is 1. The maximum Gasteiger partial charge on any atom is 0.193 e. The first-order chi connectivity index (χ1) is 13.5. The Morgan fingerprint density at radius 2 is 1.82 bits per heavy atom. The van der Waals surface area contributed by atoms with Gasteiger partial charge >= 0.3 is 0 Å². The topological polar surface area (TPSA) is 53.0 Å². The van der Waals surface area contributed by atoms with Crippen LogP contribution in [-0.4, -0.2) is 62.7 Å². The number of rotatable bonds is 5. The maximum atomic E-state index is 5.27. The zero-order valence-electron chi connectivity index (χ0n) is 17.4. The summed E-state index contributed by atoms with van der Waals surface area (Å²) in [6.07, 6.45) is 1.85. The molecular weight excluding hydrogens is 350 g/mol. The van der Waals surface area contributed by atoms with Crippen LogP contribution in [0.3, 0.4) is 0 Å². The van der Waals surface area contributed by atoms with E-state index in [2.05, 4.69) is 57.1 Å². The molecule has 0 spiro atoms. The van der Waals surface area contributed by atoms with Gasteiger partial charge in [0.05, 0.1) is 7.11 Å². The van der Waals surface area contributed by atoms with Gasteiger partial charge in [0, 0.05) is 51.4 Å². The van der Waals surface area contributed by atoms with Crippen molar-refractivity contribution in [1.82, 2.24) is 15.2 Å². The molecule has 0 saturated carbocycles. The van der Waals surface area contributed by atoms with Gasteiger partial charge in [0.25, 0.3) is 0 Å². The first-order valence-corrected chi connectivity index (χ1v) is 9.79. The number of aliphatic imine (C=N–C) groups is 1. The third-order valence-electron chi connectivity index (χ3n) is 5.32. The van der Waals surface area contributed by atoms with Crippen LogP contribution in [-0.2, 0) is 5.41 Å². The van der Waals surface area contributed by atoms with Crippen molar-refractivity contribution < 1.29 is 4.74 Å². The van der Waals surface area contributed by atoms with Crippen molar-refractivity contribution >= 4 is 11.8 Å². The van der Waals surface area contributed by atoms with Crippen LogP contribution in [0.1, 0.15) is 19.4 Å². The largest absolute Gasteiger partial charge is 0.497 e. The number of nitrogens with one attached hydrogen (secondary N) is 1. The summed E-state index contributed by atoms with van der Waals surface area (Å²) in [6.45, 7) is 9.05. The van der Waals surface area contributed by atoms with Crippen molar-refractivity contribution in [2.45, 2.75) is 19.3 Å². The lowest BCUT2D eigenvalue weighted by Crippen LogP contribution is -2.54. The zero-order valence-corrected chi connectivity index (χ0v) is 17.4. The van der Waals surface area contributed by atoms with Gasteiger partial charge in [-0.2, -0.15) is 0 Å². The highest BCUT2D eigenvalue weighted by molar-refractivity contribution is 5.80. The Morgan fingerprint density at radius 1 is 1.11 bits per heavy atom. The monoisotopic (exact) mass is 381 g/mol. The average Bonchev–Trinajstić information content (AvgIpc) is 2.75. The standard InChI is InChI=1S/C22H31N5O/c1-22(2,18-8-10-19(28-4)11-9-18)17-25-21(23-3)27-15-13-26(14-16-27)20-7-5-6-12-24-20/h5-12H,13-17H2,1-4H3,(H,23,25). The third-order valence-corrected chi connectivity index (χ3v) is 5.32. The number of anilines is 1. The van der Waals surface area contributed by atoms with E-state index in [0.717, 1.165) is 50.3 Å². The number of hydrogen-bond acceptors (Lipinski definition) is 4. The van der Waals surface area contributed by atoms with E-state index in [4.69, 9.17) is 4.74 Å². The molecule has 1 aromatic carbocycles. The number of methoxy groups -OCH3 is 1. The van der Waals surface area contributed by atoms with Gasteiger partial charge in [-0.3, -0.25) is 4.99 Å². The molecule has 0 atom stereocenters. The Kier molecular flexibility index (Phi) is 6.39. The Balaban J connectivity index is 1.56. The van der Waals surface area contributed by atoms with Crippen molar-refractivity contribution in [2.75, 3.05) is 51.8 Å². The molecule has 1 aromatic heterocycles. The first-order valence-electron chi connectivity index (χ1n) is 9.79. The molecular formula is C22H31N5O. The fourth-order valence-corrected chi connectivity index (χ4v) is 3.46. The summed E-state index contributed by atoms with van der Waals surface area (Å²) in [5, 5.41) is 3.57. The van der Waals surface area contributed by atoms with Gasteiger partial charge in [0.15, 0.2) is 5.96 Å². The van der Waals surface area contributed by atoms with E-state index >= 15 is 0 Å². The number of hydrogen-bond donors (Lipinski definition) is 1. The number of benzene rings is 1. The highest BCUT2D eigenvalue weighted by Gasteiger charge is 2.24. The van der Waals surface area contributed by atoms with Crippen LogP contribution in [0.25, 0.3) is 0 Å². The predicted molar refractivity (Wildman–Crippen MR) is 115 cm³/mol. The number of ether oxygens (including phenoxy) is 1. The van der Waals surface area contributed by atoms with Crippen molar-refractivity contribution in [1.29, 1.82) is 0 Å². The molecule has 28 heavy (non-hydrogen) atoms. The lowest BCUT2D eigenvalue weighted by atomic mass is 9.84. The summed E-state index contributed by atoms with van der Waals surface area (Å²) < 4.78 is 5.27. The quantitative estimate of drug-likeness (QED) is 0.638. The van der Waals surface area contributed by atoms with Crippen molar-refractivity contribution in [3.63, 3.8) is 0 Å². The molecule has 0 amide bonds. The van der Waals surface area contributed by atoms with Crippen LogP contribution in [0.5, 0.6) is 5.75 Å². The van der Waals surface area contributed by atoms with E-state index in [1.807, 2.05) is 37.5 Å². The molecule has 1 aliphatic rings. The Labute approximate surface area is 168 Å². The molecule has 150 valence electrons. The van der Waals surface area contributed by atoms with Crippen LogP contribution in [0, 0.1) is 0 Å². The van der Waals surface area contributed by atoms with Crippen molar-refractivity contribution in [2.24, 2.45) is 4.99 Å². The number of pyridine rings is 1. The predicted octanol–water partition coefficient (Wildman–Crippen LogP) is 2.77. The van der Waals surface area contributed by atoms with Crippen LogP contribution in [0.4, 0.5) is 5.82 Å². The second-order valence-corrected chi connectivity index (χ2v) is 7.68. The van der Waals surface area contributed by atoms with Crippen LogP contribution in [0.15, 0.2) is 53.7 Å².